The molecule has 0 saturated carbocycles. The summed E-state index contributed by atoms with van der Waals surface area (Å²) in [7, 11) is 0. The molecule has 2 aliphatic heterocycles. The van der Waals surface area contributed by atoms with Gasteiger partial charge in [-0.15, -0.1) is 0 Å². The molecule has 2 aromatic heterocycles. The fourth-order valence-electron chi connectivity index (χ4n) is 4.67. The Bertz CT molecular complexity index is 965. The number of morpholine rings is 1. The van der Waals surface area contributed by atoms with Gasteiger partial charge in [0, 0.05) is 56.2 Å². The minimum absolute atomic E-state index is 0.647. The van der Waals surface area contributed by atoms with Crippen molar-refractivity contribution in [3.63, 3.8) is 0 Å². The van der Waals surface area contributed by atoms with Crippen molar-refractivity contribution in [1.82, 2.24) is 14.5 Å². The normalized spacial score (nSPS) is 20.4. The minimum Gasteiger partial charge on any atom is -0.378 e. The molecule has 2 saturated heterocycles. The van der Waals surface area contributed by atoms with Crippen LogP contribution in [0.3, 0.4) is 0 Å². The maximum absolute atomic E-state index is 5.50. The number of fused-ring (bicyclic) bond motifs is 1. The van der Waals surface area contributed by atoms with Crippen LogP contribution in [-0.4, -0.2) is 53.9 Å². The van der Waals surface area contributed by atoms with Gasteiger partial charge in [0.2, 0.25) is 0 Å². The molecular weight excluding hydrogens is 362 g/mol. The standard InChI is InChI=1S/C23H29N5O/c1-18-24-22-15-20(27-11-13-29-14-12-27)6-7-21(22)23(25-18)28-10-4-5-19(17-28)16-26-8-2-3-9-26/h2-3,6-9,15,19H,4-5,10-14,16-17H2,1H3. The summed E-state index contributed by atoms with van der Waals surface area (Å²) in [4.78, 5) is 14.5. The van der Waals surface area contributed by atoms with Gasteiger partial charge in [-0.05, 0) is 56.0 Å². The molecule has 1 atom stereocenters. The number of ether oxygens (including phenoxy) is 1. The highest BCUT2D eigenvalue weighted by atomic mass is 16.5. The van der Waals surface area contributed by atoms with Gasteiger partial charge in [-0.1, -0.05) is 0 Å². The Morgan fingerprint density at radius 2 is 1.86 bits per heavy atom. The predicted octanol–water partition coefficient (Wildman–Crippen LogP) is 3.49. The molecule has 5 rings (SSSR count). The number of piperidine rings is 1. The van der Waals surface area contributed by atoms with Crippen LogP contribution in [-0.2, 0) is 11.3 Å². The second kappa shape index (κ2) is 8.03. The highest BCUT2D eigenvalue weighted by Gasteiger charge is 2.23. The van der Waals surface area contributed by atoms with Gasteiger partial charge in [-0.2, -0.15) is 0 Å². The summed E-state index contributed by atoms with van der Waals surface area (Å²) in [6, 6.07) is 10.9. The summed E-state index contributed by atoms with van der Waals surface area (Å²) >= 11 is 0. The molecule has 0 spiro atoms. The number of benzene rings is 1. The number of hydrogen-bond donors (Lipinski definition) is 0. The van der Waals surface area contributed by atoms with Gasteiger partial charge in [-0.25, -0.2) is 9.97 Å². The van der Waals surface area contributed by atoms with Gasteiger partial charge in [0.25, 0.3) is 0 Å². The van der Waals surface area contributed by atoms with Crippen LogP contribution in [0.1, 0.15) is 18.7 Å². The topological polar surface area (TPSA) is 46.4 Å². The third kappa shape index (κ3) is 3.94. The fourth-order valence-corrected chi connectivity index (χ4v) is 4.67. The quantitative estimate of drug-likeness (QED) is 0.681. The first-order valence-corrected chi connectivity index (χ1v) is 10.7. The van der Waals surface area contributed by atoms with E-state index in [0.29, 0.717) is 5.92 Å². The summed E-state index contributed by atoms with van der Waals surface area (Å²) in [5.41, 5.74) is 2.28. The van der Waals surface area contributed by atoms with Crippen LogP contribution < -0.4 is 9.80 Å². The maximum Gasteiger partial charge on any atom is 0.140 e. The van der Waals surface area contributed by atoms with Gasteiger partial charge >= 0.3 is 0 Å². The molecule has 0 radical (unpaired) electrons. The van der Waals surface area contributed by atoms with E-state index in [1.54, 1.807) is 0 Å². The van der Waals surface area contributed by atoms with E-state index in [0.717, 1.165) is 68.5 Å². The van der Waals surface area contributed by atoms with Crippen molar-refractivity contribution < 1.29 is 4.74 Å². The summed E-state index contributed by atoms with van der Waals surface area (Å²) in [6.45, 7) is 8.67. The molecule has 1 unspecified atom stereocenters. The van der Waals surface area contributed by atoms with Gasteiger partial charge in [0.15, 0.2) is 0 Å². The summed E-state index contributed by atoms with van der Waals surface area (Å²) < 4.78 is 7.80. The van der Waals surface area contributed by atoms with Gasteiger partial charge in [0.1, 0.15) is 11.6 Å². The van der Waals surface area contributed by atoms with E-state index >= 15 is 0 Å². The van der Waals surface area contributed by atoms with Crippen LogP contribution in [0.15, 0.2) is 42.7 Å². The average Bonchev–Trinajstić information content (AvgIpc) is 3.26. The Hall–Kier alpha value is -2.60. The highest BCUT2D eigenvalue weighted by Crippen LogP contribution is 2.31. The van der Waals surface area contributed by atoms with Crippen LogP contribution in [0.25, 0.3) is 10.9 Å². The van der Waals surface area contributed by atoms with Crippen LogP contribution >= 0.6 is 0 Å². The molecule has 29 heavy (non-hydrogen) atoms. The van der Waals surface area contributed by atoms with Gasteiger partial charge in [-0.3, -0.25) is 0 Å². The molecule has 2 aliphatic rings. The first-order valence-electron chi connectivity index (χ1n) is 10.7. The third-order valence-corrected chi connectivity index (χ3v) is 6.10. The van der Waals surface area contributed by atoms with Crippen molar-refractivity contribution >= 4 is 22.4 Å². The van der Waals surface area contributed by atoms with E-state index in [1.807, 2.05) is 6.92 Å². The van der Waals surface area contributed by atoms with Gasteiger partial charge in [0.05, 0.1) is 18.7 Å². The van der Waals surface area contributed by atoms with Crippen molar-refractivity contribution in [2.45, 2.75) is 26.3 Å². The SMILES string of the molecule is Cc1nc(N2CCCC(Cn3cccc3)C2)c2ccc(N3CCOCC3)cc2n1. The monoisotopic (exact) mass is 391 g/mol. The molecule has 6 heteroatoms. The fraction of sp³-hybridized carbons (Fsp3) is 0.478. The van der Waals surface area contributed by atoms with E-state index < -0.39 is 0 Å². The van der Waals surface area contributed by atoms with Crippen molar-refractivity contribution in [1.29, 1.82) is 0 Å². The lowest BCUT2D eigenvalue weighted by atomic mass is 9.97. The largest absolute Gasteiger partial charge is 0.378 e. The van der Waals surface area contributed by atoms with E-state index in [2.05, 4.69) is 57.1 Å². The zero-order chi connectivity index (χ0) is 19.6. The Balaban J connectivity index is 1.42. The number of anilines is 2. The number of aromatic nitrogens is 3. The van der Waals surface area contributed by atoms with Crippen molar-refractivity contribution in [2.24, 2.45) is 5.92 Å². The van der Waals surface area contributed by atoms with E-state index in [1.165, 1.54) is 18.5 Å². The molecule has 0 amide bonds. The molecule has 2 fully saturated rings. The van der Waals surface area contributed by atoms with Crippen LogP contribution in [0.4, 0.5) is 11.5 Å². The highest BCUT2D eigenvalue weighted by molar-refractivity contribution is 5.92. The third-order valence-electron chi connectivity index (χ3n) is 6.10. The predicted molar refractivity (Wildman–Crippen MR) is 117 cm³/mol. The number of hydrogen-bond acceptors (Lipinski definition) is 5. The first-order chi connectivity index (χ1) is 14.3. The molecule has 3 aromatic rings. The van der Waals surface area contributed by atoms with E-state index in [-0.39, 0.29) is 0 Å². The lowest BCUT2D eigenvalue weighted by molar-refractivity contribution is 0.122. The Kier molecular flexibility index (Phi) is 5.10. The zero-order valence-corrected chi connectivity index (χ0v) is 17.1. The molecule has 4 heterocycles. The Labute approximate surface area is 172 Å². The lowest BCUT2D eigenvalue weighted by Gasteiger charge is -2.34. The number of rotatable bonds is 4. The molecule has 0 aliphatic carbocycles. The second-order valence-electron chi connectivity index (χ2n) is 8.23. The minimum atomic E-state index is 0.647. The molecule has 0 N–H and O–H groups in total. The Morgan fingerprint density at radius 3 is 2.69 bits per heavy atom. The summed E-state index contributed by atoms with van der Waals surface area (Å²) in [5.74, 6) is 2.59. The van der Waals surface area contributed by atoms with Crippen LogP contribution in [0.2, 0.25) is 0 Å². The summed E-state index contributed by atoms with van der Waals surface area (Å²) in [5, 5.41) is 1.16. The molecule has 1 aromatic carbocycles. The molecule has 0 bridgehead atoms. The zero-order valence-electron chi connectivity index (χ0n) is 17.1. The van der Waals surface area contributed by atoms with Crippen molar-refractivity contribution in [3.05, 3.63) is 48.5 Å². The van der Waals surface area contributed by atoms with E-state index in [9.17, 15) is 0 Å². The van der Waals surface area contributed by atoms with Crippen LogP contribution in [0.5, 0.6) is 0 Å². The average molecular weight is 392 g/mol. The number of aryl methyl sites for hydroxylation is 1. The smallest absolute Gasteiger partial charge is 0.140 e. The number of nitrogens with zero attached hydrogens (tertiary/aromatic N) is 5. The van der Waals surface area contributed by atoms with Crippen molar-refractivity contribution in [2.75, 3.05) is 49.2 Å². The Morgan fingerprint density at radius 1 is 1.03 bits per heavy atom. The molecular formula is C23H29N5O. The van der Waals surface area contributed by atoms with Crippen molar-refractivity contribution in [3.8, 4) is 0 Å². The first kappa shape index (κ1) is 18.4. The summed E-state index contributed by atoms with van der Waals surface area (Å²) in [6.07, 6.45) is 6.81. The van der Waals surface area contributed by atoms with Gasteiger partial charge < -0.3 is 19.1 Å². The molecule has 152 valence electrons. The van der Waals surface area contributed by atoms with Crippen LogP contribution in [0, 0.1) is 12.8 Å². The second-order valence-corrected chi connectivity index (χ2v) is 8.23. The molecule has 6 nitrogen and oxygen atoms in total. The maximum atomic E-state index is 5.50. The van der Waals surface area contributed by atoms with E-state index in [4.69, 9.17) is 14.7 Å². The lowest BCUT2D eigenvalue weighted by Crippen LogP contribution is -2.38.